The molecule has 12 heteroatoms. The topological polar surface area (TPSA) is 137 Å². The number of benzene rings is 1. The van der Waals surface area contributed by atoms with Gasteiger partial charge in [0.25, 0.3) is 0 Å². The van der Waals surface area contributed by atoms with Crippen LogP contribution in [0.1, 0.15) is 64.9 Å². The molecular weight excluding hydrogens is 572 g/mol. The van der Waals surface area contributed by atoms with Crippen LogP contribution in [0, 0.1) is 17.2 Å². The summed E-state index contributed by atoms with van der Waals surface area (Å²) < 4.78 is 6.98. The van der Waals surface area contributed by atoms with Crippen LogP contribution in [0.15, 0.2) is 42.9 Å². The van der Waals surface area contributed by atoms with Crippen molar-refractivity contribution in [2.75, 3.05) is 43.4 Å². The highest BCUT2D eigenvalue weighted by atomic mass is 16.6. The Hall–Kier alpha value is -4.66. The first-order valence-electron chi connectivity index (χ1n) is 15.5. The van der Waals surface area contributed by atoms with Crippen molar-refractivity contribution in [3.8, 4) is 6.07 Å². The second kappa shape index (κ2) is 13.1. The number of hydrogen-bond donors (Lipinski definition) is 1. The lowest BCUT2D eigenvalue weighted by molar-refractivity contribution is -0.131. The predicted molar refractivity (Wildman–Crippen MR) is 171 cm³/mol. The normalized spacial score (nSPS) is 19.2. The Bertz CT molecular complexity index is 1580. The molecule has 0 spiro atoms. The van der Waals surface area contributed by atoms with E-state index in [0.29, 0.717) is 55.2 Å². The lowest BCUT2D eigenvalue weighted by Gasteiger charge is -2.42. The molecule has 238 valence electrons. The van der Waals surface area contributed by atoms with Gasteiger partial charge < -0.3 is 24.8 Å². The van der Waals surface area contributed by atoms with Crippen molar-refractivity contribution < 1.29 is 19.1 Å². The molecule has 0 unspecified atom stereocenters. The second-order valence-corrected chi connectivity index (χ2v) is 13.0. The molecule has 3 amide bonds. The highest BCUT2D eigenvalue weighted by Crippen LogP contribution is 2.31. The smallest absolute Gasteiger partial charge is 0.410 e. The highest BCUT2D eigenvalue weighted by molar-refractivity contribution is 5.99. The third-order valence-corrected chi connectivity index (χ3v) is 8.79. The fraction of sp³-hybridized carbons (Fsp3) is 0.515. The van der Waals surface area contributed by atoms with Gasteiger partial charge in [0.2, 0.25) is 5.91 Å². The number of piperidine rings is 2. The quantitative estimate of drug-likeness (QED) is 0.414. The average Bonchev–Trinajstić information content (AvgIpc) is 3.45. The number of nitrogens with one attached hydrogen (secondary N) is 1. The summed E-state index contributed by atoms with van der Waals surface area (Å²) in [5, 5.41) is 12.7. The molecule has 0 aliphatic carbocycles. The number of likely N-dealkylation sites (tertiary alicyclic amines) is 2. The molecule has 2 fully saturated rings. The van der Waals surface area contributed by atoms with Crippen molar-refractivity contribution in [2.45, 2.75) is 70.9 Å². The third kappa shape index (κ3) is 7.19. The van der Waals surface area contributed by atoms with Gasteiger partial charge in [-0.3, -0.25) is 9.36 Å². The number of amides is 3. The first kappa shape index (κ1) is 31.8. The Balaban J connectivity index is 1.23. The summed E-state index contributed by atoms with van der Waals surface area (Å²) in [4.78, 5) is 52.7. The number of carbonyl (C=O) groups is 3. The zero-order valence-corrected chi connectivity index (χ0v) is 26.7. The summed E-state index contributed by atoms with van der Waals surface area (Å²) in [6.45, 7) is 10.2. The first-order valence-corrected chi connectivity index (χ1v) is 15.5. The Morgan fingerprint density at radius 1 is 1.04 bits per heavy atom. The van der Waals surface area contributed by atoms with Gasteiger partial charge in [0.15, 0.2) is 5.65 Å². The fourth-order valence-corrected chi connectivity index (χ4v) is 6.24. The minimum atomic E-state index is -0.509. The van der Waals surface area contributed by atoms with E-state index in [-0.39, 0.29) is 30.5 Å². The number of hydrogen-bond acceptors (Lipinski definition) is 8. The lowest BCUT2D eigenvalue weighted by Crippen LogP contribution is -2.52. The second-order valence-electron chi connectivity index (χ2n) is 13.0. The summed E-state index contributed by atoms with van der Waals surface area (Å²) in [5.74, 6) is 1.16. The molecule has 0 saturated carbocycles. The standard InChI is InChI=1S/C33H42N8O4/c1-22-11-16-40(28(42)10-15-34)20-27(22)38(5)29-26-14-19-41(30(26)36-21-35-29)31(43)37-25-8-6-23(7-9-25)24-12-17-39(18-13-24)32(44)45-33(2,3)4/h6-9,14,19,21-22,24,27H,10-13,16-18,20H2,1-5H3,(H,37,43)/t22-,27+/m1/s1. The van der Waals surface area contributed by atoms with E-state index in [2.05, 4.69) is 27.1 Å². The van der Waals surface area contributed by atoms with Crippen LogP contribution in [0.3, 0.4) is 0 Å². The number of rotatable bonds is 5. The minimum absolute atomic E-state index is 0.000249. The van der Waals surface area contributed by atoms with Crippen LogP contribution < -0.4 is 10.2 Å². The molecule has 45 heavy (non-hydrogen) atoms. The van der Waals surface area contributed by atoms with Crippen LogP contribution in [0.25, 0.3) is 11.0 Å². The number of carbonyl (C=O) groups excluding carboxylic acids is 3. The molecule has 3 aromatic rings. The number of nitrogens with zero attached hydrogens (tertiary/aromatic N) is 7. The van der Waals surface area contributed by atoms with Crippen LogP contribution in [0.2, 0.25) is 0 Å². The molecule has 2 aliphatic rings. The monoisotopic (exact) mass is 614 g/mol. The molecule has 12 nitrogen and oxygen atoms in total. The Morgan fingerprint density at radius 3 is 2.40 bits per heavy atom. The van der Waals surface area contributed by atoms with Crippen LogP contribution in [-0.2, 0) is 9.53 Å². The van der Waals surface area contributed by atoms with Gasteiger partial charge in [-0.1, -0.05) is 19.1 Å². The molecule has 2 aliphatic heterocycles. The van der Waals surface area contributed by atoms with Gasteiger partial charge in [-0.25, -0.2) is 19.6 Å². The van der Waals surface area contributed by atoms with Gasteiger partial charge >= 0.3 is 12.1 Å². The minimum Gasteiger partial charge on any atom is -0.444 e. The van der Waals surface area contributed by atoms with Gasteiger partial charge in [0.05, 0.1) is 17.5 Å². The Morgan fingerprint density at radius 2 is 1.73 bits per heavy atom. The van der Waals surface area contributed by atoms with Crippen LogP contribution in [0.5, 0.6) is 0 Å². The van der Waals surface area contributed by atoms with Gasteiger partial charge in [-0.05, 0) is 75.6 Å². The number of likely N-dealkylation sites (N-methyl/N-ethyl adjacent to an activating group) is 1. The van der Waals surface area contributed by atoms with E-state index < -0.39 is 5.60 Å². The van der Waals surface area contributed by atoms with Gasteiger partial charge in [-0.15, -0.1) is 0 Å². The first-order chi connectivity index (χ1) is 21.4. The zero-order chi connectivity index (χ0) is 32.3. The van der Waals surface area contributed by atoms with Crippen molar-refractivity contribution in [2.24, 2.45) is 5.92 Å². The van der Waals surface area contributed by atoms with Crippen molar-refractivity contribution >= 4 is 40.6 Å². The molecule has 0 radical (unpaired) electrons. The summed E-state index contributed by atoms with van der Waals surface area (Å²) in [7, 11) is 1.95. The van der Waals surface area contributed by atoms with Crippen LogP contribution in [-0.4, -0.2) is 87.2 Å². The highest BCUT2D eigenvalue weighted by Gasteiger charge is 2.33. The maximum absolute atomic E-state index is 13.3. The molecule has 5 rings (SSSR count). The summed E-state index contributed by atoms with van der Waals surface area (Å²) in [6.07, 6.45) is 5.28. The average molecular weight is 615 g/mol. The largest absolute Gasteiger partial charge is 0.444 e. The molecule has 2 atom stereocenters. The van der Waals surface area contributed by atoms with Crippen molar-refractivity contribution in [1.29, 1.82) is 5.26 Å². The van der Waals surface area contributed by atoms with Gasteiger partial charge in [0, 0.05) is 45.1 Å². The SMILES string of the molecule is C[C@@H]1CCN(C(=O)CC#N)C[C@@H]1N(C)c1ncnc2c1ccn2C(=O)Nc1ccc(C2CCN(C(=O)OC(C)(C)C)CC2)cc1. The van der Waals surface area contributed by atoms with Crippen LogP contribution in [0.4, 0.5) is 21.1 Å². The molecule has 4 heterocycles. The Kier molecular flexibility index (Phi) is 9.27. The third-order valence-electron chi connectivity index (χ3n) is 8.79. The Labute approximate surface area is 264 Å². The zero-order valence-electron chi connectivity index (χ0n) is 26.7. The number of aromatic nitrogens is 3. The number of anilines is 2. The lowest BCUT2D eigenvalue weighted by atomic mass is 9.89. The summed E-state index contributed by atoms with van der Waals surface area (Å²) in [5.41, 5.74) is 1.82. The summed E-state index contributed by atoms with van der Waals surface area (Å²) >= 11 is 0. The molecule has 2 saturated heterocycles. The van der Waals surface area contributed by atoms with E-state index in [4.69, 9.17) is 10.00 Å². The number of nitriles is 1. The van der Waals surface area contributed by atoms with Crippen molar-refractivity contribution in [3.63, 3.8) is 0 Å². The van der Waals surface area contributed by atoms with E-state index in [1.165, 1.54) is 16.5 Å². The predicted octanol–water partition coefficient (Wildman–Crippen LogP) is 5.21. The van der Waals surface area contributed by atoms with E-state index >= 15 is 0 Å². The maximum atomic E-state index is 13.3. The molecular formula is C33H42N8O4. The van der Waals surface area contributed by atoms with E-state index in [1.54, 1.807) is 16.0 Å². The fourth-order valence-electron chi connectivity index (χ4n) is 6.24. The maximum Gasteiger partial charge on any atom is 0.410 e. The molecule has 1 N–H and O–H groups in total. The van der Waals surface area contributed by atoms with E-state index in [9.17, 15) is 14.4 Å². The number of fused-ring (bicyclic) bond motifs is 1. The van der Waals surface area contributed by atoms with Gasteiger partial charge in [-0.2, -0.15) is 5.26 Å². The van der Waals surface area contributed by atoms with E-state index in [0.717, 1.165) is 24.6 Å². The van der Waals surface area contributed by atoms with Crippen molar-refractivity contribution in [1.82, 2.24) is 24.3 Å². The van der Waals surface area contributed by atoms with Crippen LogP contribution >= 0.6 is 0 Å². The van der Waals surface area contributed by atoms with E-state index in [1.807, 2.05) is 64.2 Å². The number of ether oxygens (including phenoxy) is 1. The molecule has 0 bridgehead atoms. The molecule has 2 aromatic heterocycles. The summed E-state index contributed by atoms with van der Waals surface area (Å²) in [6, 6.07) is 11.3. The van der Waals surface area contributed by atoms with Gasteiger partial charge in [0.1, 0.15) is 24.2 Å². The molecule has 1 aromatic carbocycles. The van der Waals surface area contributed by atoms with Crippen molar-refractivity contribution in [3.05, 3.63) is 48.4 Å².